The highest BCUT2D eigenvalue weighted by Crippen LogP contribution is 2.36. The Hall–Kier alpha value is -5.73. The first-order chi connectivity index (χ1) is 26.9. The van der Waals surface area contributed by atoms with Gasteiger partial charge in [0.25, 0.3) is 0 Å². The molecule has 14 nitrogen and oxygen atoms in total. The Balaban J connectivity index is 1.12. The Morgan fingerprint density at radius 1 is 0.768 bits per heavy atom. The molecule has 2 saturated heterocycles. The number of nitrogens with zero attached hydrogens (tertiary/aromatic N) is 4. The number of H-pyrrole nitrogens is 2. The molecule has 6 rings (SSSR count). The zero-order chi connectivity index (χ0) is 40.1. The Morgan fingerprint density at radius 3 is 1.89 bits per heavy atom. The number of amides is 4. The maximum atomic E-state index is 15.4. The molecule has 0 bridgehead atoms. The largest absolute Gasteiger partial charge is 0.453 e. The minimum Gasteiger partial charge on any atom is -0.453 e. The van der Waals surface area contributed by atoms with E-state index in [4.69, 9.17) is 9.47 Å². The third kappa shape index (κ3) is 8.56. The molecule has 56 heavy (non-hydrogen) atoms. The molecule has 4 amide bonds. The molecule has 2 aliphatic rings. The molecule has 15 heteroatoms. The van der Waals surface area contributed by atoms with Crippen LogP contribution >= 0.6 is 0 Å². The first-order valence-electron chi connectivity index (χ1n) is 19.2. The van der Waals surface area contributed by atoms with Crippen LogP contribution < -0.4 is 10.6 Å². The number of benzene rings is 2. The number of hydrogen-bond donors (Lipinski definition) is 4. The fourth-order valence-electron chi connectivity index (χ4n) is 7.63. The van der Waals surface area contributed by atoms with E-state index >= 15 is 4.39 Å². The van der Waals surface area contributed by atoms with Crippen molar-refractivity contribution >= 4 is 24.0 Å². The molecular formula is C41H51FN8O6. The lowest BCUT2D eigenvalue weighted by Gasteiger charge is -2.29. The standard InChI is InChI=1S/C41H51FN8O6/c1-23(2)29(21-44-40(53)55-5)38(51)49-19-7-9-31(49)36-43-22-30(45-36)27-15-11-25(12-16-27)26-13-17-28(18-14-26)34-35(42)48-37(46-34)32-10-8-20-50(32)39(52)33(24(3)4)47-41(54)56-6/h11-18,22-24,29,31-33H,7-10,19-21H2,1-6H3,(H,43,45)(H,44,53)(H,46,48)(H,47,54)/t29-,31?,32?,33-/m0/s1. The van der Waals surface area contributed by atoms with Gasteiger partial charge in [0, 0.05) is 25.2 Å². The molecule has 4 N–H and O–H groups in total. The molecule has 2 unspecified atom stereocenters. The Bertz CT molecular complexity index is 2010. The molecule has 4 heterocycles. The van der Waals surface area contributed by atoms with Crippen molar-refractivity contribution in [1.82, 2.24) is 40.4 Å². The van der Waals surface area contributed by atoms with Crippen molar-refractivity contribution in [3.63, 3.8) is 0 Å². The van der Waals surface area contributed by atoms with Gasteiger partial charge in [-0.15, -0.1) is 0 Å². The topological polar surface area (TPSA) is 175 Å². The van der Waals surface area contributed by atoms with Gasteiger partial charge in [-0.2, -0.15) is 4.39 Å². The molecular weight excluding hydrogens is 719 g/mol. The summed E-state index contributed by atoms with van der Waals surface area (Å²) in [4.78, 5) is 69.8. The van der Waals surface area contributed by atoms with E-state index in [9.17, 15) is 19.2 Å². The van der Waals surface area contributed by atoms with Crippen molar-refractivity contribution in [3.05, 3.63) is 72.3 Å². The zero-order valence-corrected chi connectivity index (χ0v) is 32.7. The molecule has 2 fully saturated rings. The summed E-state index contributed by atoms with van der Waals surface area (Å²) in [6, 6.07) is 14.1. The quantitative estimate of drug-likeness (QED) is 0.125. The highest BCUT2D eigenvalue weighted by Gasteiger charge is 2.39. The number of likely N-dealkylation sites (tertiary alicyclic amines) is 2. The molecule has 4 atom stereocenters. The van der Waals surface area contributed by atoms with E-state index in [2.05, 4.69) is 30.6 Å². The van der Waals surface area contributed by atoms with E-state index in [0.29, 0.717) is 30.9 Å². The van der Waals surface area contributed by atoms with Gasteiger partial charge in [-0.05, 0) is 54.2 Å². The number of rotatable bonds is 12. The average Bonchev–Trinajstić information content (AvgIpc) is 4.03. The molecule has 298 valence electrons. The van der Waals surface area contributed by atoms with E-state index in [1.54, 1.807) is 11.1 Å². The second-order valence-electron chi connectivity index (χ2n) is 15.1. The number of methoxy groups -OCH3 is 2. The monoisotopic (exact) mass is 770 g/mol. The van der Waals surface area contributed by atoms with Crippen LogP contribution in [-0.2, 0) is 19.1 Å². The van der Waals surface area contributed by atoms with E-state index in [1.807, 2.05) is 81.1 Å². The maximum Gasteiger partial charge on any atom is 0.407 e. The summed E-state index contributed by atoms with van der Waals surface area (Å²) in [5.41, 5.74) is 4.45. The fraction of sp³-hybridized carbons (Fsp3) is 0.463. The van der Waals surface area contributed by atoms with Crippen molar-refractivity contribution < 1.29 is 33.0 Å². The highest BCUT2D eigenvalue weighted by molar-refractivity contribution is 5.86. The minimum absolute atomic E-state index is 0.0127. The number of imidazole rings is 2. The van der Waals surface area contributed by atoms with E-state index in [0.717, 1.165) is 47.5 Å². The predicted octanol–water partition coefficient (Wildman–Crippen LogP) is 6.61. The minimum atomic E-state index is -0.783. The molecule has 2 aliphatic heterocycles. The first kappa shape index (κ1) is 39.9. The van der Waals surface area contributed by atoms with Gasteiger partial charge in [0.15, 0.2) is 0 Å². The van der Waals surface area contributed by atoms with Gasteiger partial charge in [0.1, 0.15) is 23.4 Å². The molecule has 4 aromatic rings. The van der Waals surface area contributed by atoms with E-state index in [-0.39, 0.29) is 47.8 Å². The van der Waals surface area contributed by atoms with Crippen molar-refractivity contribution in [2.24, 2.45) is 17.8 Å². The van der Waals surface area contributed by atoms with Gasteiger partial charge < -0.3 is 39.9 Å². The Kier molecular flexibility index (Phi) is 12.4. The third-order valence-corrected chi connectivity index (χ3v) is 10.8. The van der Waals surface area contributed by atoms with Gasteiger partial charge >= 0.3 is 12.2 Å². The van der Waals surface area contributed by atoms with Crippen LogP contribution in [0.3, 0.4) is 0 Å². The summed E-state index contributed by atoms with van der Waals surface area (Å²) in [5, 5.41) is 5.31. The number of aromatic nitrogens is 4. The lowest BCUT2D eigenvalue weighted by atomic mass is 9.94. The number of aromatic amines is 2. The lowest BCUT2D eigenvalue weighted by molar-refractivity contribution is -0.138. The zero-order valence-electron chi connectivity index (χ0n) is 32.7. The van der Waals surface area contributed by atoms with Crippen LogP contribution in [-0.4, -0.2) is 93.6 Å². The molecule has 2 aromatic carbocycles. The second kappa shape index (κ2) is 17.4. The summed E-state index contributed by atoms with van der Waals surface area (Å²) >= 11 is 0. The van der Waals surface area contributed by atoms with Crippen LogP contribution in [0.25, 0.3) is 33.6 Å². The van der Waals surface area contributed by atoms with E-state index in [1.165, 1.54) is 14.2 Å². The summed E-state index contributed by atoms with van der Waals surface area (Å²) in [7, 11) is 2.55. The number of alkyl carbamates (subject to hydrolysis) is 2. The SMILES string of the molecule is COC(=O)NC[C@H](C(=O)N1CCCC1c1ncc(-c2ccc(-c3ccc(-c4nc(C5CCCN5C(=O)[C@@H](NC(=O)OC)C(C)C)[nH]c4F)cc3)cc2)[nH]1)C(C)C. The summed E-state index contributed by atoms with van der Waals surface area (Å²) < 4.78 is 24.8. The summed E-state index contributed by atoms with van der Waals surface area (Å²) in [5.74, 6) is -0.300. The van der Waals surface area contributed by atoms with Gasteiger partial charge in [-0.1, -0.05) is 76.2 Å². The number of carbonyl (C=O) groups is 4. The van der Waals surface area contributed by atoms with Crippen molar-refractivity contribution in [2.75, 3.05) is 33.9 Å². The molecule has 2 aromatic heterocycles. The number of halogens is 1. The van der Waals surface area contributed by atoms with Crippen LogP contribution in [0, 0.1) is 23.7 Å². The van der Waals surface area contributed by atoms with Crippen LogP contribution in [0.5, 0.6) is 0 Å². The van der Waals surface area contributed by atoms with Gasteiger partial charge in [0.05, 0.1) is 44.1 Å². The van der Waals surface area contributed by atoms with E-state index < -0.39 is 30.2 Å². The molecule has 0 saturated carbocycles. The van der Waals surface area contributed by atoms with Crippen molar-refractivity contribution in [2.45, 2.75) is 71.5 Å². The van der Waals surface area contributed by atoms with Gasteiger partial charge in [0.2, 0.25) is 17.8 Å². The van der Waals surface area contributed by atoms with Gasteiger partial charge in [-0.25, -0.2) is 19.6 Å². The first-order valence-corrected chi connectivity index (χ1v) is 19.2. The third-order valence-electron chi connectivity index (χ3n) is 10.8. The van der Waals surface area contributed by atoms with Crippen LogP contribution in [0.1, 0.15) is 77.1 Å². The Labute approximate surface area is 326 Å². The smallest absolute Gasteiger partial charge is 0.407 e. The van der Waals surface area contributed by atoms with Crippen LogP contribution in [0.2, 0.25) is 0 Å². The van der Waals surface area contributed by atoms with Crippen LogP contribution in [0.4, 0.5) is 14.0 Å². The van der Waals surface area contributed by atoms with Crippen molar-refractivity contribution in [3.8, 4) is 33.6 Å². The predicted molar refractivity (Wildman–Crippen MR) is 207 cm³/mol. The number of ether oxygens (including phenoxy) is 2. The summed E-state index contributed by atoms with van der Waals surface area (Å²) in [6.45, 7) is 8.93. The van der Waals surface area contributed by atoms with Crippen molar-refractivity contribution in [1.29, 1.82) is 0 Å². The maximum absolute atomic E-state index is 15.4. The normalized spacial score (nSPS) is 17.9. The molecule has 0 spiro atoms. The Morgan fingerprint density at radius 2 is 1.32 bits per heavy atom. The number of hydrogen-bond acceptors (Lipinski definition) is 8. The highest BCUT2D eigenvalue weighted by atomic mass is 19.1. The second-order valence-corrected chi connectivity index (χ2v) is 15.1. The average molecular weight is 771 g/mol. The molecule has 0 radical (unpaired) electrons. The summed E-state index contributed by atoms with van der Waals surface area (Å²) in [6.07, 6.45) is 3.54. The number of nitrogens with one attached hydrogen (secondary N) is 4. The number of carbonyl (C=O) groups excluding carboxylic acids is 4. The van der Waals surface area contributed by atoms with Gasteiger partial charge in [-0.3, -0.25) is 9.59 Å². The fourth-order valence-corrected chi connectivity index (χ4v) is 7.63. The lowest BCUT2D eigenvalue weighted by Crippen LogP contribution is -2.51. The van der Waals surface area contributed by atoms with Crippen LogP contribution in [0.15, 0.2) is 54.7 Å². The molecule has 0 aliphatic carbocycles.